The van der Waals surface area contributed by atoms with E-state index in [0.29, 0.717) is 6.54 Å². The maximum Gasteiger partial charge on any atom is 0.171 e. The van der Waals surface area contributed by atoms with Crippen LogP contribution < -0.4 is 5.32 Å². The summed E-state index contributed by atoms with van der Waals surface area (Å²) < 4.78 is 4.70. The number of nitrogens with one attached hydrogen (secondary N) is 1. The molecule has 1 aliphatic heterocycles. The first-order valence-corrected chi connectivity index (χ1v) is 4.51. The van der Waals surface area contributed by atoms with Crippen LogP contribution in [0.25, 0.3) is 0 Å². The molecule has 1 aliphatic rings. The number of hydrogen-bond donors (Lipinski definition) is 2. The molecule has 13 heavy (non-hydrogen) atoms. The van der Waals surface area contributed by atoms with Gasteiger partial charge in [0.15, 0.2) is 6.29 Å². The van der Waals surface area contributed by atoms with Crippen molar-refractivity contribution in [1.82, 2.24) is 5.32 Å². The van der Waals surface area contributed by atoms with Gasteiger partial charge >= 0.3 is 0 Å². The Hall–Kier alpha value is -0.610. The van der Waals surface area contributed by atoms with Crippen molar-refractivity contribution in [3.63, 3.8) is 0 Å². The molecular formula is C9H18N2O2. The lowest BCUT2D eigenvalue weighted by Crippen LogP contribution is -2.33. The second-order valence-corrected chi connectivity index (χ2v) is 4.18. The van der Waals surface area contributed by atoms with E-state index in [1.54, 1.807) is 0 Å². The number of amidine groups is 1. The minimum atomic E-state index is -0.744. The van der Waals surface area contributed by atoms with Crippen molar-refractivity contribution in [2.24, 2.45) is 10.4 Å². The number of aliphatic imine (C=N–C) groups is 1. The minimum Gasteiger partial charge on any atom is -0.369 e. The Bertz CT molecular complexity index is 202. The summed E-state index contributed by atoms with van der Waals surface area (Å²) in [4.78, 5) is 4.33. The van der Waals surface area contributed by atoms with Gasteiger partial charge in [0.1, 0.15) is 0 Å². The number of nitrogens with zero attached hydrogens (tertiary/aromatic N) is 1. The number of aliphatic hydroxyl groups excluding tert-OH is 1. The molecule has 0 aromatic carbocycles. The number of hydrogen-bond acceptors (Lipinski definition) is 4. The summed E-state index contributed by atoms with van der Waals surface area (Å²) >= 11 is 0. The summed E-state index contributed by atoms with van der Waals surface area (Å²) in [7, 11) is 1.48. The molecule has 0 saturated carbocycles. The maximum atomic E-state index is 9.11. The van der Waals surface area contributed by atoms with E-state index in [-0.39, 0.29) is 5.41 Å². The molecule has 0 aromatic rings. The molecule has 4 heteroatoms. The molecule has 0 amide bonds. The van der Waals surface area contributed by atoms with Crippen LogP contribution in [0.15, 0.2) is 4.99 Å². The van der Waals surface area contributed by atoms with Crippen molar-refractivity contribution in [3.05, 3.63) is 0 Å². The van der Waals surface area contributed by atoms with E-state index in [0.717, 1.165) is 18.8 Å². The molecule has 1 heterocycles. The Morgan fingerprint density at radius 3 is 2.85 bits per heavy atom. The van der Waals surface area contributed by atoms with Crippen molar-refractivity contribution < 1.29 is 9.84 Å². The molecule has 0 spiro atoms. The van der Waals surface area contributed by atoms with Crippen LogP contribution in [0.2, 0.25) is 0 Å². The molecule has 0 saturated heterocycles. The average Bonchev–Trinajstić information content (AvgIpc) is 2.41. The van der Waals surface area contributed by atoms with Gasteiger partial charge in [-0.1, -0.05) is 13.8 Å². The van der Waals surface area contributed by atoms with E-state index in [2.05, 4.69) is 24.2 Å². The van der Waals surface area contributed by atoms with E-state index in [4.69, 9.17) is 9.84 Å². The maximum absolute atomic E-state index is 9.11. The molecule has 0 bridgehead atoms. The standard InChI is InChI=1S/C9H18N2O2/c1-9(2)4-7(11-6-9)10-5-8(12)13-3/h8,12H,4-6H2,1-3H3,(H,10,11). The fourth-order valence-electron chi connectivity index (χ4n) is 1.28. The van der Waals surface area contributed by atoms with E-state index in [9.17, 15) is 0 Å². The predicted molar refractivity (Wildman–Crippen MR) is 51.7 cm³/mol. The lowest BCUT2D eigenvalue weighted by molar-refractivity contribution is -0.0682. The second-order valence-electron chi connectivity index (χ2n) is 4.18. The van der Waals surface area contributed by atoms with Gasteiger partial charge in [-0.3, -0.25) is 4.99 Å². The zero-order chi connectivity index (χ0) is 9.90. The highest BCUT2D eigenvalue weighted by atomic mass is 16.6. The number of methoxy groups -OCH3 is 1. The van der Waals surface area contributed by atoms with Crippen molar-refractivity contribution in [2.75, 3.05) is 20.2 Å². The van der Waals surface area contributed by atoms with Gasteiger partial charge in [0, 0.05) is 20.1 Å². The normalized spacial score (nSPS) is 22.6. The van der Waals surface area contributed by atoms with Crippen molar-refractivity contribution in [2.45, 2.75) is 26.6 Å². The number of aliphatic hydroxyl groups is 1. The van der Waals surface area contributed by atoms with Crippen LogP contribution in [-0.4, -0.2) is 37.4 Å². The predicted octanol–water partition coefficient (Wildman–Crippen LogP) is 0.369. The van der Waals surface area contributed by atoms with Crippen molar-refractivity contribution in [1.29, 1.82) is 0 Å². The Kier molecular flexibility index (Phi) is 3.27. The van der Waals surface area contributed by atoms with Crippen LogP contribution in [-0.2, 0) is 4.74 Å². The zero-order valence-corrected chi connectivity index (χ0v) is 8.50. The van der Waals surface area contributed by atoms with E-state index >= 15 is 0 Å². The Morgan fingerprint density at radius 1 is 1.69 bits per heavy atom. The van der Waals surface area contributed by atoms with Crippen LogP contribution in [0.5, 0.6) is 0 Å². The summed E-state index contributed by atoms with van der Waals surface area (Å²) in [5.74, 6) is 0.973. The first-order valence-electron chi connectivity index (χ1n) is 4.51. The van der Waals surface area contributed by atoms with E-state index < -0.39 is 6.29 Å². The highest BCUT2D eigenvalue weighted by Gasteiger charge is 2.25. The summed E-state index contributed by atoms with van der Waals surface area (Å²) in [6, 6.07) is 0. The minimum absolute atomic E-state index is 0.264. The molecule has 1 atom stereocenters. The number of rotatable bonds is 3. The smallest absolute Gasteiger partial charge is 0.171 e. The molecule has 0 aromatic heterocycles. The van der Waals surface area contributed by atoms with Gasteiger partial charge in [-0.15, -0.1) is 0 Å². The topological polar surface area (TPSA) is 53.9 Å². The summed E-state index contributed by atoms with van der Waals surface area (Å²) in [6.45, 7) is 5.62. The van der Waals surface area contributed by atoms with E-state index in [1.165, 1.54) is 7.11 Å². The lowest BCUT2D eigenvalue weighted by Gasteiger charge is -2.15. The highest BCUT2D eigenvalue weighted by Crippen LogP contribution is 2.25. The summed E-state index contributed by atoms with van der Waals surface area (Å²) in [5.41, 5.74) is 0.264. The Balaban J connectivity index is 2.25. The summed E-state index contributed by atoms with van der Waals surface area (Å²) in [6.07, 6.45) is 0.204. The Labute approximate surface area is 79.0 Å². The van der Waals surface area contributed by atoms with Gasteiger partial charge in [0.05, 0.1) is 12.4 Å². The summed E-state index contributed by atoms with van der Waals surface area (Å²) in [5, 5.41) is 12.2. The molecule has 0 aliphatic carbocycles. The molecule has 76 valence electrons. The van der Waals surface area contributed by atoms with Crippen LogP contribution in [0.4, 0.5) is 0 Å². The molecule has 4 nitrogen and oxygen atoms in total. The largest absolute Gasteiger partial charge is 0.369 e. The van der Waals surface area contributed by atoms with E-state index in [1.807, 2.05) is 0 Å². The van der Waals surface area contributed by atoms with Crippen LogP contribution >= 0.6 is 0 Å². The quantitative estimate of drug-likeness (QED) is 0.626. The monoisotopic (exact) mass is 186 g/mol. The third-order valence-corrected chi connectivity index (χ3v) is 2.10. The van der Waals surface area contributed by atoms with Crippen LogP contribution in [0, 0.1) is 5.41 Å². The molecule has 2 N–H and O–H groups in total. The first-order chi connectivity index (χ1) is 6.03. The molecule has 0 fully saturated rings. The van der Waals surface area contributed by atoms with Crippen LogP contribution in [0.3, 0.4) is 0 Å². The zero-order valence-electron chi connectivity index (χ0n) is 8.50. The first kappa shape index (κ1) is 10.5. The third-order valence-electron chi connectivity index (χ3n) is 2.10. The van der Waals surface area contributed by atoms with Gasteiger partial charge in [-0.25, -0.2) is 0 Å². The molecule has 1 rings (SSSR count). The van der Waals surface area contributed by atoms with Crippen molar-refractivity contribution >= 4 is 5.84 Å². The van der Waals surface area contributed by atoms with Gasteiger partial charge < -0.3 is 15.2 Å². The second kappa shape index (κ2) is 4.07. The molecule has 0 radical (unpaired) electrons. The van der Waals surface area contributed by atoms with Gasteiger partial charge in [0.25, 0.3) is 0 Å². The van der Waals surface area contributed by atoms with Crippen molar-refractivity contribution in [3.8, 4) is 0 Å². The SMILES string of the molecule is COC(O)CNC1=NCC(C)(C)C1. The fraction of sp³-hybridized carbons (Fsp3) is 0.889. The van der Waals surface area contributed by atoms with Gasteiger partial charge in [-0.05, 0) is 5.41 Å². The molecule has 1 unspecified atom stereocenters. The van der Waals surface area contributed by atoms with Gasteiger partial charge in [0.2, 0.25) is 0 Å². The van der Waals surface area contributed by atoms with Gasteiger partial charge in [-0.2, -0.15) is 0 Å². The lowest BCUT2D eigenvalue weighted by atomic mass is 9.92. The average molecular weight is 186 g/mol. The third kappa shape index (κ3) is 3.32. The van der Waals surface area contributed by atoms with Crippen LogP contribution in [0.1, 0.15) is 20.3 Å². The highest BCUT2D eigenvalue weighted by molar-refractivity contribution is 5.84. The fourth-order valence-corrected chi connectivity index (χ4v) is 1.28. The Morgan fingerprint density at radius 2 is 2.38 bits per heavy atom. The molecular weight excluding hydrogens is 168 g/mol. The number of ether oxygens (including phenoxy) is 1.